The third-order valence-corrected chi connectivity index (χ3v) is 11.0. The van der Waals surface area contributed by atoms with Crippen LogP contribution in [0, 0.1) is 30.3 Å². The number of nitro groups is 3. The first-order valence-electron chi connectivity index (χ1n) is 22.4. The van der Waals surface area contributed by atoms with Gasteiger partial charge in [-0.1, -0.05) is 113 Å². The fourth-order valence-corrected chi connectivity index (χ4v) is 7.25. The Morgan fingerprint density at radius 2 is 0.924 bits per heavy atom. The van der Waals surface area contributed by atoms with E-state index in [1.54, 1.807) is 108 Å². The molecule has 0 unspecified atom stereocenters. The molecule has 31 heteroatoms. The van der Waals surface area contributed by atoms with Gasteiger partial charge < -0.3 is 47.5 Å². The summed E-state index contributed by atoms with van der Waals surface area (Å²) in [5.41, 5.74) is 9.74. The summed E-state index contributed by atoms with van der Waals surface area (Å²) in [6.45, 7) is 10.9. The number of aromatic hydroxyl groups is 1. The summed E-state index contributed by atoms with van der Waals surface area (Å²) in [5.74, 6) is -0.598. The number of nitrogens with one attached hydrogen (secondary N) is 3. The highest BCUT2D eigenvalue weighted by molar-refractivity contribution is 8.24. The molecule has 0 saturated carbocycles. The van der Waals surface area contributed by atoms with Crippen molar-refractivity contribution in [3.05, 3.63) is 158 Å². The minimum Gasteiger partial charge on any atom is -0.501 e. The molecule has 0 aliphatic rings. The SMILES string of the molecule is CC(C)(O)CN.CC(C)(O)CNc1c(N)c(Cl)nc2ccccc12.CC(C)(O)CNc1c([N+](=O)[O-])c(Cl)nc2ccccc12.O=P(Cl)(Cl)Cl.O=[N+]([O-])c1c(Cl)nc2ccccc2c1Cl.O=c1[nH]c2ccccc2c(O)c1[N+](=O)[O-]. The Balaban J connectivity index is 0.000000261. The lowest BCUT2D eigenvalue weighted by Gasteiger charge is -2.20. The summed E-state index contributed by atoms with van der Waals surface area (Å²) in [5, 5.41) is 75.2. The Labute approximate surface area is 483 Å². The Morgan fingerprint density at radius 3 is 1.34 bits per heavy atom. The van der Waals surface area contributed by atoms with Gasteiger partial charge in [0.25, 0.3) is 0 Å². The van der Waals surface area contributed by atoms with E-state index in [1.807, 2.05) is 24.3 Å². The molecule has 424 valence electrons. The average molecular weight is 1250 g/mol. The zero-order valence-corrected chi connectivity index (χ0v) is 48.5. The van der Waals surface area contributed by atoms with Gasteiger partial charge in [0.1, 0.15) is 10.7 Å². The van der Waals surface area contributed by atoms with Crippen LogP contribution in [0.1, 0.15) is 41.5 Å². The molecule has 79 heavy (non-hydrogen) atoms. The number of H-pyrrole nitrogens is 1. The number of para-hydroxylation sites is 4. The van der Waals surface area contributed by atoms with Crippen molar-refractivity contribution in [1.82, 2.24) is 19.9 Å². The summed E-state index contributed by atoms with van der Waals surface area (Å²) in [4.78, 5) is 56.0. The zero-order valence-electron chi connectivity index (χ0n) is 42.3. The number of nitrogens with zero attached hydrogens (tertiary/aromatic N) is 6. The highest BCUT2D eigenvalue weighted by Crippen LogP contribution is 2.61. The molecule has 8 rings (SSSR count). The smallest absolute Gasteiger partial charge is 0.375 e. The predicted molar refractivity (Wildman–Crippen MR) is 316 cm³/mol. The topological polar surface area (TPSA) is 375 Å². The van der Waals surface area contributed by atoms with Crippen molar-refractivity contribution in [1.29, 1.82) is 0 Å². The van der Waals surface area contributed by atoms with Crippen LogP contribution in [-0.2, 0) is 4.57 Å². The lowest BCUT2D eigenvalue weighted by atomic mass is 10.1. The van der Waals surface area contributed by atoms with Crippen molar-refractivity contribution in [3.8, 4) is 5.75 Å². The predicted octanol–water partition coefficient (Wildman–Crippen LogP) is 12.8. The maximum Gasteiger partial charge on any atom is 0.375 e. The molecule has 0 fully saturated rings. The summed E-state index contributed by atoms with van der Waals surface area (Å²) in [6.07, 6.45) is 0. The summed E-state index contributed by atoms with van der Waals surface area (Å²) in [7, 11) is 0. The Bertz CT molecular complexity index is 3590. The number of hydrogen-bond donors (Lipinski definition) is 9. The van der Waals surface area contributed by atoms with Crippen LogP contribution in [0.25, 0.3) is 43.6 Å². The Hall–Kier alpha value is -6.18. The minimum absolute atomic E-state index is 0.0237. The van der Waals surface area contributed by atoms with E-state index in [-0.39, 0.29) is 49.5 Å². The first kappa shape index (κ1) is 67.1. The molecule has 0 atom stereocenters. The molecular weight excluding hydrogens is 1200 g/mol. The van der Waals surface area contributed by atoms with E-state index in [0.717, 1.165) is 10.9 Å². The Morgan fingerprint density at radius 1 is 0.582 bits per heavy atom. The number of aromatic nitrogens is 4. The third kappa shape index (κ3) is 21.1. The van der Waals surface area contributed by atoms with Gasteiger partial charge in [0.15, 0.2) is 5.15 Å². The van der Waals surface area contributed by atoms with E-state index in [0.29, 0.717) is 51.8 Å². The number of aliphatic hydroxyl groups is 3. The van der Waals surface area contributed by atoms with Crippen LogP contribution in [0.4, 0.5) is 34.1 Å². The van der Waals surface area contributed by atoms with Crippen molar-refractivity contribution in [3.63, 3.8) is 0 Å². The van der Waals surface area contributed by atoms with Crippen LogP contribution in [0.15, 0.2) is 102 Å². The number of hydrogen-bond acceptors (Lipinski definition) is 19. The number of pyridine rings is 4. The van der Waals surface area contributed by atoms with Crippen LogP contribution in [0.3, 0.4) is 0 Å². The molecule has 0 aliphatic heterocycles. The molecule has 11 N–H and O–H groups in total. The molecule has 4 heterocycles. The fourth-order valence-electron chi connectivity index (χ4n) is 6.19. The van der Waals surface area contributed by atoms with E-state index in [9.17, 15) is 55.0 Å². The molecule has 4 aromatic heterocycles. The van der Waals surface area contributed by atoms with Crippen LogP contribution in [-0.4, -0.2) is 91.6 Å². The third-order valence-electron chi connectivity index (χ3n) is 9.78. The largest absolute Gasteiger partial charge is 0.501 e. The van der Waals surface area contributed by atoms with Crippen molar-refractivity contribution in [2.24, 2.45) is 5.73 Å². The van der Waals surface area contributed by atoms with Gasteiger partial charge in [-0.2, -0.15) is 0 Å². The van der Waals surface area contributed by atoms with Gasteiger partial charge >= 0.3 is 27.8 Å². The van der Waals surface area contributed by atoms with Gasteiger partial charge in [-0.15, -0.1) is 0 Å². The monoisotopic (exact) mass is 1250 g/mol. The standard InChI is InChI=1S/C13H14ClN3O3.C13H16ClN3O.C9H4Cl2N2O2.C9H6N2O4.C4H11NO.Cl3OP/c1-13(2,18)7-15-10-8-5-3-4-6-9(8)16-12(14)11(10)17(19)20;1-13(2,18)7-16-11-8-5-3-4-6-9(8)17-12(14)10(11)15;10-7-5-3-1-2-4-6(5)12-9(11)8(7)13(14)15;12-8-5-3-1-2-4-6(5)10-9(13)7(8)11(14)15;1-4(2,6)3-5;1-5(2,3)4/h3-6,18H,7H2,1-2H3,(H,15,16);3-6,18H,7,15H2,1-2H3,(H,16,17);1-4H;1-4H,(H2,10,12,13);6H,3,5H2,1-2H3;. The van der Waals surface area contributed by atoms with Crippen LogP contribution >= 0.6 is 85.3 Å². The second-order valence-corrected chi connectivity index (χ2v) is 26.2. The second-order valence-electron chi connectivity index (χ2n) is 18.1. The summed E-state index contributed by atoms with van der Waals surface area (Å²) in [6, 6.07) is 27.7. The van der Waals surface area contributed by atoms with E-state index in [4.69, 9.17) is 63.0 Å². The number of anilines is 3. The van der Waals surface area contributed by atoms with Crippen molar-refractivity contribution >= 4 is 163 Å². The second kappa shape index (κ2) is 28.8. The van der Waals surface area contributed by atoms with E-state index in [2.05, 4.69) is 64.3 Å². The van der Waals surface area contributed by atoms with Crippen LogP contribution in [0.2, 0.25) is 20.5 Å². The van der Waals surface area contributed by atoms with Gasteiger partial charge in [0.2, 0.25) is 16.1 Å². The Kier molecular flexibility index (Phi) is 24.5. The summed E-state index contributed by atoms with van der Waals surface area (Å²) >= 11 is 37.3. The first-order chi connectivity index (χ1) is 36.5. The molecule has 23 nitrogen and oxygen atoms in total. The first-order valence-corrected chi connectivity index (χ1v) is 28.4. The maximum atomic E-state index is 11.2. The lowest BCUT2D eigenvalue weighted by Crippen LogP contribution is -2.29. The number of aromatic amines is 1. The number of benzene rings is 4. The van der Waals surface area contributed by atoms with Crippen molar-refractivity contribution in [2.75, 3.05) is 36.0 Å². The van der Waals surface area contributed by atoms with E-state index < -0.39 is 53.8 Å². The normalized spacial score (nSPS) is 11.3. The number of fused-ring (bicyclic) bond motifs is 4. The van der Waals surface area contributed by atoms with Gasteiger partial charge in [-0.05, 0) is 106 Å². The van der Waals surface area contributed by atoms with Gasteiger partial charge in [0.05, 0.1) is 65.0 Å². The van der Waals surface area contributed by atoms with E-state index in [1.165, 1.54) is 6.07 Å². The summed E-state index contributed by atoms with van der Waals surface area (Å²) < 4.78 is 9.51. The average Bonchev–Trinajstić information content (AvgIpc) is 3.36. The molecule has 0 spiro atoms. The molecular formula is C48H51Cl7N11O12P. The van der Waals surface area contributed by atoms with Crippen LogP contribution < -0.4 is 27.7 Å². The highest BCUT2D eigenvalue weighted by atomic mass is 36.0. The maximum absolute atomic E-state index is 11.2. The van der Waals surface area contributed by atoms with Crippen LogP contribution in [0.5, 0.6) is 5.75 Å². The lowest BCUT2D eigenvalue weighted by molar-refractivity contribution is -0.387. The van der Waals surface area contributed by atoms with Gasteiger partial charge in [0, 0.05) is 41.2 Å². The number of rotatable bonds is 10. The molecule has 0 radical (unpaired) electrons. The number of halogens is 7. The van der Waals surface area contributed by atoms with E-state index >= 15 is 0 Å². The molecule has 8 aromatic rings. The molecule has 0 saturated heterocycles. The van der Waals surface area contributed by atoms with Gasteiger partial charge in [-0.25, -0.2) is 15.0 Å². The number of nitrogens with two attached hydrogens (primary N) is 2. The fraction of sp³-hybridized carbons (Fsp3) is 0.250. The molecule has 4 aromatic carbocycles. The molecule has 0 bridgehead atoms. The van der Waals surface area contributed by atoms with Crippen molar-refractivity contribution < 1.29 is 39.8 Å². The zero-order chi connectivity index (χ0) is 60.0. The minimum atomic E-state index is -3.22. The molecule has 0 amide bonds. The molecule has 0 aliphatic carbocycles. The highest BCUT2D eigenvalue weighted by Gasteiger charge is 2.26. The van der Waals surface area contributed by atoms with Crippen molar-refractivity contribution in [2.45, 2.75) is 58.3 Å². The quantitative estimate of drug-likeness (QED) is 0.0266. The number of nitrogen functional groups attached to an aromatic ring is 1. The van der Waals surface area contributed by atoms with Gasteiger partial charge in [-0.3, -0.25) is 39.7 Å².